The maximum atomic E-state index is 12.2. The molecule has 1 N–H and O–H groups in total. The van der Waals surface area contributed by atoms with Crippen molar-refractivity contribution in [1.29, 1.82) is 0 Å². The fourth-order valence-corrected chi connectivity index (χ4v) is 2.63. The molecule has 0 aliphatic rings. The van der Waals surface area contributed by atoms with Crippen LogP contribution in [0.3, 0.4) is 0 Å². The van der Waals surface area contributed by atoms with Crippen LogP contribution < -0.4 is 10.2 Å². The highest BCUT2D eigenvalue weighted by atomic mass is 16.6. The second kappa shape index (κ2) is 8.82. The van der Waals surface area contributed by atoms with Crippen LogP contribution in [0.5, 0.6) is 0 Å². The number of hydrogen-bond donors (Lipinski definition) is 1. The molecule has 6 heteroatoms. The predicted octanol–water partition coefficient (Wildman–Crippen LogP) is 3.55. The maximum absolute atomic E-state index is 12.2. The molecule has 25 heavy (non-hydrogen) atoms. The number of anilines is 1. The first kappa shape index (κ1) is 18.4. The van der Waals surface area contributed by atoms with E-state index in [1.165, 1.54) is 6.07 Å². The number of benzene rings is 2. The smallest absolute Gasteiger partial charge is 0.273 e. The third kappa shape index (κ3) is 5.04. The van der Waals surface area contributed by atoms with Crippen molar-refractivity contribution in [2.24, 2.45) is 0 Å². The van der Waals surface area contributed by atoms with E-state index in [9.17, 15) is 14.9 Å². The Labute approximate surface area is 147 Å². The quantitative estimate of drug-likeness (QED) is 0.453. The number of nitro benzene ring substituents is 1. The van der Waals surface area contributed by atoms with Crippen LogP contribution in [0.2, 0.25) is 0 Å². The molecule has 2 rings (SSSR count). The molecule has 0 spiro atoms. The first-order chi connectivity index (χ1) is 12.0. The second-order valence-electron chi connectivity index (χ2n) is 5.78. The van der Waals surface area contributed by atoms with Crippen molar-refractivity contribution in [3.05, 3.63) is 69.8 Å². The molecule has 0 aliphatic carbocycles. The van der Waals surface area contributed by atoms with Gasteiger partial charge in [0.1, 0.15) is 0 Å². The fourth-order valence-electron chi connectivity index (χ4n) is 2.63. The minimum atomic E-state index is -0.467. The number of nitro groups is 1. The summed E-state index contributed by atoms with van der Waals surface area (Å²) in [5, 5.41) is 13.8. The highest BCUT2D eigenvalue weighted by Crippen LogP contribution is 2.19. The van der Waals surface area contributed by atoms with Gasteiger partial charge in [0.2, 0.25) is 0 Å². The topological polar surface area (TPSA) is 75.5 Å². The van der Waals surface area contributed by atoms with Crippen molar-refractivity contribution in [2.45, 2.75) is 20.3 Å². The van der Waals surface area contributed by atoms with Crippen LogP contribution in [0.25, 0.3) is 0 Å². The number of hydrogen-bond acceptors (Lipinski definition) is 4. The molecule has 0 heterocycles. The summed E-state index contributed by atoms with van der Waals surface area (Å²) in [6, 6.07) is 14.7. The van der Waals surface area contributed by atoms with Gasteiger partial charge in [0.05, 0.1) is 4.92 Å². The highest BCUT2D eigenvalue weighted by Gasteiger charge is 2.14. The van der Waals surface area contributed by atoms with Gasteiger partial charge in [0.25, 0.3) is 11.6 Å². The second-order valence-corrected chi connectivity index (χ2v) is 5.78. The molecule has 0 saturated heterocycles. The molecule has 0 saturated carbocycles. The van der Waals surface area contributed by atoms with Gasteiger partial charge in [-0.25, -0.2) is 0 Å². The Morgan fingerprint density at radius 3 is 2.56 bits per heavy atom. The van der Waals surface area contributed by atoms with E-state index in [1.807, 2.05) is 18.2 Å². The Hall–Kier alpha value is -2.89. The maximum Gasteiger partial charge on any atom is 0.273 e. The van der Waals surface area contributed by atoms with E-state index in [1.54, 1.807) is 19.1 Å². The zero-order valence-electron chi connectivity index (χ0n) is 14.6. The average Bonchev–Trinajstić information content (AvgIpc) is 2.62. The molecule has 2 aromatic rings. The van der Waals surface area contributed by atoms with Crippen LogP contribution in [0.15, 0.2) is 48.5 Å². The minimum absolute atomic E-state index is 0.0334. The number of carbonyl (C=O) groups is 1. The number of aryl methyl sites for hydroxylation is 1. The van der Waals surface area contributed by atoms with Gasteiger partial charge in [-0.2, -0.15) is 0 Å². The number of para-hydroxylation sites is 1. The third-order valence-corrected chi connectivity index (χ3v) is 4.06. The molecule has 2 aromatic carbocycles. The summed E-state index contributed by atoms with van der Waals surface area (Å²) < 4.78 is 0. The van der Waals surface area contributed by atoms with Crippen molar-refractivity contribution in [3.8, 4) is 0 Å². The number of rotatable bonds is 8. The van der Waals surface area contributed by atoms with E-state index in [0.29, 0.717) is 17.7 Å². The monoisotopic (exact) mass is 341 g/mol. The van der Waals surface area contributed by atoms with Crippen LogP contribution in [0.4, 0.5) is 11.4 Å². The van der Waals surface area contributed by atoms with E-state index in [2.05, 4.69) is 29.3 Å². The van der Waals surface area contributed by atoms with E-state index in [0.717, 1.165) is 25.2 Å². The van der Waals surface area contributed by atoms with Gasteiger partial charge < -0.3 is 10.2 Å². The molecule has 0 atom stereocenters. The minimum Gasteiger partial charge on any atom is -0.372 e. The number of carbonyl (C=O) groups excluding carboxylic acids is 1. The van der Waals surface area contributed by atoms with Crippen LogP contribution in [0, 0.1) is 17.0 Å². The molecule has 0 fully saturated rings. The highest BCUT2D eigenvalue weighted by molar-refractivity contribution is 5.94. The van der Waals surface area contributed by atoms with Gasteiger partial charge in [-0.3, -0.25) is 14.9 Å². The first-order valence-corrected chi connectivity index (χ1v) is 8.36. The summed E-state index contributed by atoms with van der Waals surface area (Å²) in [5.74, 6) is -0.286. The largest absolute Gasteiger partial charge is 0.372 e. The van der Waals surface area contributed by atoms with Gasteiger partial charge in [0, 0.05) is 42.5 Å². The Morgan fingerprint density at radius 2 is 1.92 bits per heavy atom. The van der Waals surface area contributed by atoms with Gasteiger partial charge >= 0.3 is 0 Å². The van der Waals surface area contributed by atoms with Gasteiger partial charge in [0.15, 0.2) is 0 Å². The van der Waals surface area contributed by atoms with Crippen LogP contribution in [-0.2, 0) is 0 Å². The summed E-state index contributed by atoms with van der Waals surface area (Å²) in [6.45, 7) is 5.99. The summed E-state index contributed by atoms with van der Waals surface area (Å²) in [7, 11) is 0. The average molecular weight is 341 g/mol. The van der Waals surface area contributed by atoms with Crippen molar-refractivity contribution in [1.82, 2.24) is 5.32 Å². The molecular weight excluding hydrogens is 318 g/mol. The molecule has 0 aliphatic heterocycles. The lowest BCUT2D eigenvalue weighted by Crippen LogP contribution is -2.30. The fraction of sp³-hybridized carbons (Fsp3) is 0.316. The third-order valence-electron chi connectivity index (χ3n) is 4.06. The molecule has 1 amide bonds. The summed E-state index contributed by atoms with van der Waals surface area (Å²) >= 11 is 0. The Balaban J connectivity index is 1.86. The van der Waals surface area contributed by atoms with E-state index < -0.39 is 4.92 Å². The lowest BCUT2D eigenvalue weighted by atomic mass is 10.1. The number of nitrogens with zero attached hydrogens (tertiary/aromatic N) is 2. The van der Waals surface area contributed by atoms with E-state index >= 15 is 0 Å². The molecule has 132 valence electrons. The SMILES string of the molecule is CCN(CCCNC(=O)c1ccc(C)c([N+](=O)[O-])c1)c1ccccc1. The molecular formula is C19H23N3O3. The van der Waals surface area contributed by atoms with Gasteiger partial charge in [-0.1, -0.05) is 24.3 Å². The van der Waals surface area contributed by atoms with Crippen molar-refractivity contribution in [3.63, 3.8) is 0 Å². The lowest BCUT2D eigenvalue weighted by molar-refractivity contribution is -0.385. The number of amides is 1. The summed E-state index contributed by atoms with van der Waals surface area (Å²) in [4.78, 5) is 24.9. The predicted molar refractivity (Wildman–Crippen MR) is 99.1 cm³/mol. The molecule has 0 unspecified atom stereocenters. The standard InChI is InChI=1S/C19H23N3O3/c1-3-21(17-8-5-4-6-9-17)13-7-12-20-19(23)16-11-10-15(2)18(14-16)22(24)25/h4-6,8-11,14H,3,7,12-13H2,1-2H3,(H,20,23). The molecule has 6 nitrogen and oxygen atoms in total. The van der Waals surface area contributed by atoms with Crippen LogP contribution in [-0.4, -0.2) is 30.5 Å². The number of nitrogens with one attached hydrogen (secondary N) is 1. The van der Waals surface area contributed by atoms with Gasteiger partial charge in [-0.15, -0.1) is 0 Å². The zero-order valence-corrected chi connectivity index (χ0v) is 14.6. The normalized spacial score (nSPS) is 10.3. The molecule has 0 aromatic heterocycles. The van der Waals surface area contributed by atoms with Crippen LogP contribution >= 0.6 is 0 Å². The first-order valence-electron chi connectivity index (χ1n) is 8.36. The molecule has 0 bridgehead atoms. The van der Waals surface area contributed by atoms with Crippen molar-refractivity contribution >= 4 is 17.3 Å². The lowest BCUT2D eigenvalue weighted by Gasteiger charge is -2.23. The zero-order chi connectivity index (χ0) is 18.2. The Morgan fingerprint density at radius 1 is 1.20 bits per heavy atom. The summed E-state index contributed by atoms with van der Waals surface area (Å²) in [6.07, 6.45) is 0.794. The Kier molecular flexibility index (Phi) is 6.51. The Bertz CT molecular complexity index is 732. The van der Waals surface area contributed by atoms with Crippen LogP contribution in [0.1, 0.15) is 29.3 Å². The van der Waals surface area contributed by atoms with Crippen molar-refractivity contribution < 1.29 is 9.72 Å². The van der Waals surface area contributed by atoms with E-state index in [-0.39, 0.29) is 11.6 Å². The van der Waals surface area contributed by atoms with E-state index in [4.69, 9.17) is 0 Å². The molecule has 0 radical (unpaired) electrons. The summed E-state index contributed by atoms with van der Waals surface area (Å²) in [5.41, 5.74) is 1.98. The van der Waals surface area contributed by atoms with Crippen molar-refractivity contribution in [2.75, 3.05) is 24.5 Å². The van der Waals surface area contributed by atoms with Gasteiger partial charge in [-0.05, 0) is 38.5 Å².